The zero-order chi connectivity index (χ0) is 16.9. The molecule has 3 aromatic rings. The number of benzene rings is 1. The van der Waals surface area contributed by atoms with Crippen LogP contribution in [0, 0.1) is 10.1 Å². The van der Waals surface area contributed by atoms with Gasteiger partial charge in [0.1, 0.15) is 11.5 Å². The molecule has 0 aliphatic heterocycles. The predicted molar refractivity (Wildman–Crippen MR) is 90.2 cm³/mol. The van der Waals surface area contributed by atoms with Gasteiger partial charge < -0.3 is 4.42 Å². The van der Waals surface area contributed by atoms with Crippen molar-refractivity contribution in [1.82, 2.24) is 5.43 Å². The van der Waals surface area contributed by atoms with Gasteiger partial charge in [0.2, 0.25) is 0 Å². The standard InChI is InChI=1S/C16H11N3O4S/c20-16(15-6-3-9-24-15)18-17-10-11-7-8-14(23-11)12-4-1-2-5-13(12)19(21)22/h1-10H,(H,18,20). The number of carbonyl (C=O) groups is 1. The summed E-state index contributed by atoms with van der Waals surface area (Å²) in [5.41, 5.74) is 2.72. The van der Waals surface area contributed by atoms with Crippen molar-refractivity contribution >= 4 is 29.1 Å². The average Bonchev–Trinajstić information content (AvgIpc) is 3.26. The Kier molecular flexibility index (Phi) is 4.48. The third-order valence-corrected chi connectivity index (χ3v) is 3.96. The second kappa shape index (κ2) is 6.88. The molecule has 0 radical (unpaired) electrons. The molecule has 0 spiro atoms. The fourth-order valence-corrected chi connectivity index (χ4v) is 2.64. The maximum Gasteiger partial charge on any atom is 0.281 e. The first-order valence-corrected chi connectivity index (χ1v) is 7.73. The van der Waals surface area contributed by atoms with E-state index in [9.17, 15) is 14.9 Å². The Morgan fingerprint density at radius 3 is 2.79 bits per heavy atom. The molecule has 2 aromatic heterocycles. The van der Waals surface area contributed by atoms with Gasteiger partial charge in [-0.3, -0.25) is 14.9 Å². The van der Waals surface area contributed by atoms with E-state index in [1.165, 1.54) is 23.6 Å². The highest BCUT2D eigenvalue weighted by molar-refractivity contribution is 7.12. The van der Waals surface area contributed by atoms with Crippen molar-refractivity contribution in [3.05, 3.63) is 74.7 Å². The van der Waals surface area contributed by atoms with Crippen LogP contribution in [0.5, 0.6) is 0 Å². The first-order chi connectivity index (χ1) is 11.6. The van der Waals surface area contributed by atoms with Crippen LogP contribution < -0.4 is 5.43 Å². The Bertz CT molecular complexity index is 900. The van der Waals surface area contributed by atoms with Crippen molar-refractivity contribution in [2.45, 2.75) is 0 Å². The van der Waals surface area contributed by atoms with Crippen LogP contribution in [-0.4, -0.2) is 17.0 Å². The first-order valence-electron chi connectivity index (χ1n) is 6.85. The number of hydrogen-bond acceptors (Lipinski definition) is 6. The number of rotatable bonds is 5. The van der Waals surface area contributed by atoms with E-state index < -0.39 is 4.92 Å². The molecule has 24 heavy (non-hydrogen) atoms. The minimum atomic E-state index is -0.465. The Balaban J connectivity index is 1.73. The van der Waals surface area contributed by atoms with Crippen LogP contribution >= 0.6 is 11.3 Å². The average molecular weight is 341 g/mol. The molecule has 0 aliphatic rings. The number of amides is 1. The quantitative estimate of drug-likeness (QED) is 0.435. The van der Waals surface area contributed by atoms with Crippen LogP contribution in [0.15, 0.2) is 63.4 Å². The molecule has 0 saturated carbocycles. The van der Waals surface area contributed by atoms with Crippen LogP contribution in [0.2, 0.25) is 0 Å². The van der Waals surface area contributed by atoms with Crippen LogP contribution in [-0.2, 0) is 0 Å². The molecule has 8 heteroatoms. The number of hydrazone groups is 1. The summed E-state index contributed by atoms with van der Waals surface area (Å²) in [7, 11) is 0. The Morgan fingerprint density at radius 1 is 1.21 bits per heavy atom. The molecule has 1 aromatic carbocycles. The molecule has 0 atom stereocenters. The summed E-state index contributed by atoms with van der Waals surface area (Å²) in [6.07, 6.45) is 1.34. The number of para-hydroxylation sites is 1. The highest BCUT2D eigenvalue weighted by atomic mass is 32.1. The Morgan fingerprint density at radius 2 is 2.04 bits per heavy atom. The highest BCUT2D eigenvalue weighted by Gasteiger charge is 2.16. The van der Waals surface area contributed by atoms with Gasteiger partial charge in [-0.25, -0.2) is 5.43 Å². The maximum atomic E-state index is 11.7. The third kappa shape index (κ3) is 3.39. The number of carbonyl (C=O) groups excluding carboxylic acids is 1. The SMILES string of the molecule is O=C(NN=Cc1ccc(-c2ccccc2[N+](=O)[O-])o1)c1cccs1. The molecule has 0 fully saturated rings. The Labute approximate surface area is 140 Å². The van der Waals surface area contributed by atoms with Crippen LogP contribution in [0.3, 0.4) is 0 Å². The summed E-state index contributed by atoms with van der Waals surface area (Å²) < 4.78 is 5.53. The normalized spacial score (nSPS) is 10.8. The second-order valence-electron chi connectivity index (χ2n) is 4.65. The molecule has 0 saturated heterocycles. The second-order valence-corrected chi connectivity index (χ2v) is 5.60. The van der Waals surface area contributed by atoms with Gasteiger partial charge in [-0.15, -0.1) is 11.3 Å². The molecule has 1 N–H and O–H groups in total. The van der Waals surface area contributed by atoms with Crippen LogP contribution in [0.1, 0.15) is 15.4 Å². The summed E-state index contributed by atoms with van der Waals surface area (Å²) in [4.78, 5) is 22.9. The minimum absolute atomic E-state index is 0.0404. The van der Waals surface area contributed by atoms with E-state index in [0.717, 1.165) is 0 Å². The molecule has 0 bridgehead atoms. The summed E-state index contributed by atoms with van der Waals surface area (Å²) in [5.74, 6) is 0.412. The van der Waals surface area contributed by atoms with Crippen molar-refractivity contribution in [2.24, 2.45) is 5.10 Å². The van der Waals surface area contributed by atoms with Crippen molar-refractivity contribution in [3.8, 4) is 11.3 Å². The van der Waals surface area contributed by atoms with Crippen molar-refractivity contribution in [2.75, 3.05) is 0 Å². The van der Waals surface area contributed by atoms with Gasteiger partial charge in [-0.2, -0.15) is 5.10 Å². The van der Waals surface area contributed by atoms with Gasteiger partial charge in [0.15, 0.2) is 0 Å². The van der Waals surface area contributed by atoms with Gasteiger partial charge in [0.25, 0.3) is 11.6 Å². The fourth-order valence-electron chi connectivity index (χ4n) is 2.03. The highest BCUT2D eigenvalue weighted by Crippen LogP contribution is 2.30. The van der Waals surface area contributed by atoms with E-state index in [1.54, 1.807) is 47.8 Å². The van der Waals surface area contributed by atoms with Crippen molar-refractivity contribution < 1.29 is 14.1 Å². The predicted octanol–water partition coefficient (Wildman–Crippen LogP) is 3.68. The van der Waals surface area contributed by atoms with E-state index in [1.807, 2.05) is 0 Å². The molecule has 3 rings (SSSR count). The zero-order valence-corrected chi connectivity index (χ0v) is 13.0. The van der Waals surface area contributed by atoms with E-state index in [-0.39, 0.29) is 11.6 Å². The molecule has 0 aliphatic carbocycles. The smallest absolute Gasteiger partial charge is 0.281 e. The summed E-state index contributed by atoms with van der Waals surface area (Å²) in [5, 5.41) is 16.7. The summed E-state index contributed by atoms with van der Waals surface area (Å²) in [6.45, 7) is 0. The number of nitrogens with zero attached hydrogens (tertiary/aromatic N) is 2. The van der Waals surface area contributed by atoms with E-state index in [2.05, 4.69) is 10.5 Å². The van der Waals surface area contributed by atoms with Crippen molar-refractivity contribution in [3.63, 3.8) is 0 Å². The molecule has 120 valence electrons. The lowest BCUT2D eigenvalue weighted by Crippen LogP contribution is -2.15. The van der Waals surface area contributed by atoms with Gasteiger partial charge >= 0.3 is 0 Å². The molecular formula is C16H11N3O4S. The largest absolute Gasteiger partial charge is 0.455 e. The number of furan rings is 1. The monoisotopic (exact) mass is 341 g/mol. The lowest BCUT2D eigenvalue weighted by Gasteiger charge is -1.98. The molecule has 2 heterocycles. The van der Waals surface area contributed by atoms with Gasteiger partial charge in [-0.05, 0) is 29.6 Å². The van der Waals surface area contributed by atoms with E-state index >= 15 is 0 Å². The van der Waals surface area contributed by atoms with Crippen LogP contribution in [0.25, 0.3) is 11.3 Å². The molecule has 1 amide bonds. The van der Waals surface area contributed by atoms with E-state index in [0.29, 0.717) is 22.0 Å². The molecule has 7 nitrogen and oxygen atoms in total. The summed E-state index contributed by atoms with van der Waals surface area (Å²) >= 11 is 1.31. The fraction of sp³-hybridized carbons (Fsp3) is 0. The number of hydrogen-bond donors (Lipinski definition) is 1. The topological polar surface area (TPSA) is 97.7 Å². The molecular weight excluding hydrogens is 330 g/mol. The number of thiophene rings is 1. The first kappa shape index (κ1) is 15.6. The third-order valence-electron chi connectivity index (χ3n) is 3.10. The summed E-state index contributed by atoms with van der Waals surface area (Å²) in [6, 6.07) is 13.0. The van der Waals surface area contributed by atoms with Gasteiger partial charge in [0.05, 0.1) is 21.6 Å². The van der Waals surface area contributed by atoms with Crippen LogP contribution in [0.4, 0.5) is 5.69 Å². The zero-order valence-electron chi connectivity index (χ0n) is 12.2. The molecule has 0 unspecified atom stereocenters. The maximum absolute atomic E-state index is 11.7. The number of nitrogens with one attached hydrogen (secondary N) is 1. The van der Waals surface area contributed by atoms with Crippen molar-refractivity contribution in [1.29, 1.82) is 0 Å². The number of nitro groups is 1. The Hall–Kier alpha value is -3.26. The minimum Gasteiger partial charge on any atom is -0.455 e. The van der Waals surface area contributed by atoms with Gasteiger partial charge in [0, 0.05) is 6.07 Å². The lowest BCUT2D eigenvalue weighted by atomic mass is 10.1. The van der Waals surface area contributed by atoms with Gasteiger partial charge in [-0.1, -0.05) is 18.2 Å². The van der Waals surface area contributed by atoms with E-state index in [4.69, 9.17) is 4.42 Å². The number of nitro benzene ring substituents is 1. The lowest BCUT2D eigenvalue weighted by molar-refractivity contribution is -0.384.